The van der Waals surface area contributed by atoms with E-state index < -0.39 is 14.8 Å². The Morgan fingerprint density at radius 1 is 1.33 bits per heavy atom. The minimum Gasteiger partial charge on any atom is -0.378 e. The van der Waals surface area contributed by atoms with Crippen molar-refractivity contribution < 1.29 is 13.3 Å². The van der Waals surface area contributed by atoms with Gasteiger partial charge in [0.2, 0.25) is 0 Å². The quantitative estimate of drug-likeness (QED) is 0.448. The monoisotopic (exact) mass is 273 g/mol. The van der Waals surface area contributed by atoms with Gasteiger partial charge in [-0.05, 0) is 19.2 Å². The predicted molar refractivity (Wildman–Crippen MR) is 68.6 cm³/mol. The minimum atomic E-state index is -3.45. The first-order valence-electron chi connectivity index (χ1n) is 5.23. The molecule has 1 aromatic rings. The first kappa shape index (κ1) is 14.4. The van der Waals surface area contributed by atoms with Crippen LogP contribution in [0.2, 0.25) is 0 Å². The second-order valence-corrected chi connectivity index (χ2v) is 5.75. The van der Waals surface area contributed by atoms with Crippen LogP contribution in [0.25, 0.3) is 0 Å². The van der Waals surface area contributed by atoms with Gasteiger partial charge >= 0.3 is 0 Å². The van der Waals surface area contributed by atoms with Gasteiger partial charge in [-0.1, -0.05) is 0 Å². The van der Waals surface area contributed by atoms with Crippen molar-refractivity contribution in [2.24, 2.45) is 0 Å². The fourth-order valence-corrected chi connectivity index (χ4v) is 2.01. The van der Waals surface area contributed by atoms with Crippen LogP contribution in [0.1, 0.15) is 0 Å². The molecule has 1 rings (SSSR count). The summed E-state index contributed by atoms with van der Waals surface area (Å²) in [6, 6.07) is 3.82. The summed E-state index contributed by atoms with van der Waals surface area (Å²) >= 11 is 0. The zero-order valence-corrected chi connectivity index (χ0v) is 11.0. The molecule has 0 aliphatic rings. The number of likely N-dealkylation sites (N-methyl/N-ethyl adjacent to an activating group) is 1. The molecule has 0 amide bonds. The highest BCUT2D eigenvalue weighted by molar-refractivity contribution is 7.90. The maximum Gasteiger partial charge on any atom is 0.293 e. The number of sulfone groups is 1. The molecule has 0 radical (unpaired) electrons. The lowest BCUT2D eigenvalue weighted by Gasteiger charge is -2.07. The van der Waals surface area contributed by atoms with E-state index in [1.54, 1.807) is 7.05 Å². The molecular weight excluding hydrogens is 258 g/mol. The van der Waals surface area contributed by atoms with E-state index in [0.717, 1.165) is 12.3 Å². The van der Waals surface area contributed by atoms with Gasteiger partial charge in [0.15, 0.2) is 9.84 Å². The van der Waals surface area contributed by atoms with Crippen molar-refractivity contribution in [3.63, 3.8) is 0 Å². The van der Waals surface area contributed by atoms with E-state index in [9.17, 15) is 18.5 Å². The standard InChI is InChI=1S/C10H15N3O4S/c1-11-5-6-12-9-4-3-8(18(2,16)17)7-10(9)13(14)15/h3-4,7,11-12H,5-6H2,1-2H3. The largest absolute Gasteiger partial charge is 0.378 e. The molecule has 18 heavy (non-hydrogen) atoms. The number of nitrogens with one attached hydrogen (secondary N) is 2. The fraction of sp³-hybridized carbons (Fsp3) is 0.400. The van der Waals surface area contributed by atoms with E-state index in [1.807, 2.05) is 0 Å². The Labute approximate surface area is 105 Å². The van der Waals surface area contributed by atoms with Crippen molar-refractivity contribution in [3.8, 4) is 0 Å². The zero-order valence-electron chi connectivity index (χ0n) is 10.1. The van der Waals surface area contributed by atoms with Crippen LogP contribution < -0.4 is 10.6 Å². The Morgan fingerprint density at radius 2 is 2.00 bits per heavy atom. The molecule has 100 valence electrons. The fourth-order valence-electron chi connectivity index (χ4n) is 1.36. The van der Waals surface area contributed by atoms with Crippen LogP contribution in [0.3, 0.4) is 0 Å². The van der Waals surface area contributed by atoms with Crippen molar-refractivity contribution in [2.75, 3.05) is 31.7 Å². The van der Waals surface area contributed by atoms with Gasteiger partial charge in [-0.3, -0.25) is 10.1 Å². The lowest BCUT2D eigenvalue weighted by atomic mass is 10.2. The second-order valence-electron chi connectivity index (χ2n) is 3.74. The first-order valence-corrected chi connectivity index (χ1v) is 7.12. The van der Waals surface area contributed by atoms with Gasteiger partial charge in [0.05, 0.1) is 9.82 Å². The van der Waals surface area contributed by atoms with Crippen LogP contribution in [0.4, 0.5) is 11.4 Å². The van der Waals surface area contributed by atoms with E-state index in [4.69, 9.17) is 0 Å². The summed E-state index contributed by atoms with van der Waals surface area (Å²) in [5.41, 5.74) is 0.0664. The van der Waals surface area contributed by atoms with Crippen molar-refractivity contribution in [1.82, 2.24) is 5.32 Å². The van der Waals surface area contributed by atoms with Crippen molar-refractivity contribution in [3.05, 3.63) is 28.3 Å². The summed E-state index contributed by atoms with van der Waals surface area (Å²) in [6.45, 7) is 1.15. The third kappa shape index (κ3) is 3.67. The molecule has 7 nitrogen and oxygen atoms in total. The summed E-state index contributed by atoms with van der Waals surface area (Å²) in [6.07, 6.45) is 1.01. The molecule has 0 atom stereocenters. The Kier molecular flexibility index (Phi) is 4.62. The molecular formula is C10H15N3O4S. The summed E-state index contributed by atoms with van der Waals surface area (Å²) in [7, 11) is -1.68. The van der Waals surface area contributed by atoms with Gasteiger partial charge in [0, 0.05) is 25.4 Å². The molecule has 1 aromatic carbocycles. The molecule has 0 spiro atoms. The maximum atomic E-state index is 11.3. The van der Waals surface area contributed by atoms with Crippen LogP contribution >= 0.6 is 0 Å². The van der Waals surface area contributed by atoms with Gasteiger partial charge in [-0.2, -0.15) is 0 Å². The highest BCUT2D eigenvalue weighted by atomic mass is 32.2. The number of nitrogens with zero attached hydrogens (tertiary/aromatic N) is 1. The molecule has 0 aliphatic carbocycles. The SMILES string of the molecule is CNCCNc1ccc(S(C)(=O)=O)cc1[N+](=O)[O-]. The van der Waals surface area contributed by atoms with Crippen LogP contribution in [0.15, 0.2) is 23.1 Å². The molecule has 0 saturated carbocycles. The highest BCUT2D eigenvalue weighted by Crippen LogP contribution is 2.27. The van der Waals surface area contributed by atoms with E-state index in [2.05, 4.69) is 10.6 Å². The lowest BCUT2D eigenvalue weighted by molar-refractivity contribution is -0.384. The number of hydrogen-bond donors (Lipinski definition) is 2. The third-order valence-electron chi connectivity index (χ3n) is 2.28. The number of hydrogen-bond acceptors (Lipinski definition) is 6. The van der Waals surface area contributed by atoms with Crippen LogP contribution in [0.5, 0.6) is 0 Å². The van der Waals surface area contributed by atoms with Gasteiger partial charge in [0.25, 0.3) is 5.69 Å². The van der Waals surface area contributed by atoms with Crippen LogP contribution in [0, 0.1) is 10.1 Å². The Hall–Kier alpha value is -1.67. The van der Waals surface area contributed by atoms with Crippen LogP contribution in [-0.2, 0) is 9.84 Å². The summed E-state index contributed by atoms with van der Waals surface area (Å²) in [4.78, 5) is 10.2. The van der Waals surface area contributed by atoms with Crippen molar-refractivity contribution in [1.29, 1.82) is 0 Å². The number of nitro groups is 1. The number of nitro benzene ring substituents is 1. The zero-order chi connectivity index (χ0) is 13.8. The number of rotatable bonds is 6. The van der Waals surface area contributed by atoms with E-state index in [1.165, 1.54) is 12.1 Å². The van der Waals surface area contributed by atoms with Crippen molar-refractivity contribution in [2.45, 2.75) is 4.90 Å². The van der Waals surface area contributed by atoms with E-state index >= 15 is 0 Å². The highest BCUT2D eigenvalue weighted by Gasteiger charge is 2.18. The Bertz CT molecular complexity index is 542. The van der Waals surface area contributed by atoms with Gasteiger partial charge in [-0.15, -0.1) is 0 Å². The number of anilines is 1. The summed E-state index contributed by atoms with van der Waals surface area (Å²) in [5.74, 6) is 0. The molecule has 0 fully saturated rings. The molecule has 0 bridgehead atoms. The average molecular weight is 273 g/mol. The molecule has 0 heterocycles. The smallest absolute Gasteiger partial charge is 0.293 e. The topological polar surface area (TPSA) is 101 Å². The summed E-state index contributed by atoms with van der Waals surface area (Å²) in [5, 5.41) is 16.7. The molecule has 2 N–H and O–H groups in total. The Morgan fingerprint density at radius 3 is 2.50 bits per heavy atom. The number of benzene rings is 1. The first-order chi connectivity index (χ1) is 8.36. The second kappa shape index (κ2) is 5.78. The molecule has 0 unspecified atom stereocenters. The predicted octanol–water partition coefficient (Wildman–Crippen LogP) is 0.630. The third-order valence-corrected chi connectivity index (χ3v) is 3.39. The van der Waals surface area contributed by atoms with E-state index in [0.29, 0.717) is 18.8 Å². The van der Waals surface area contributed by atoms with Gasteiger partial charge in [-0.25, -0.2) is 8.42 Å². The van der Waals surface area contributed by atoms with E-state index in [-0.39, 0.29) is 10.6 Å². The normalized spacial score (nSPS) is 11.2. The minimum absolute atomic E-state index is 0.0617. The molecule has 0 aromatic heterocycles. The molecule has 0 aliphatic heterocycles. The van der Waals surface area contributed by atoms with Crippen LogP contribution in [-0.4, -0.2) is 39.7 Å². The molecule has 0 saturated heterocycles. The maximum absolute atomic E-state index is 11.3. The molecule has 8 heteroatoms. The average Bonchev–Trinajstić information content (AvgIpc) is 2.28. The Balaban J connectivity index is 3.09. The summed E-state index contributed by atoms with van der Waals surface area (Å²) < 4.78 is 22.7. The van der Waals surface area contributed by atoms with Gasteiger partial charge < -0.3 is 10.6 Å². The van der Waals surface area contributed by atoms with Gasteiger partial charge in [0.1, 0.15) is 5.69 Å². The lowest BCUT2D eigenvalue weighted by Crippen LogP contribution is -2.18. The van der Waals surface area contributed by atoms with Crippen molar-refractivity contribution >= 4 is 21.2 Å².